The predicted molar refractivity (Wildman–Crippen MR) is 121 cm³/mol. The first-order valence-corrected chi connectivity index (χ1v) is 11.7. The van der Waals surface area contributed by atoms with Crippen LogP contribution in [0, 0.1) is 5.92 Å². The first-order chi connectivity index (χ1) is 13.7. The van der Waals surface area contributed by atoms with Gasteiger partial charge >= 0.3 is 0 Å². The van der Waals surface area contributed by atoms with Gasteiger partial charge in [-0.25, -0.2) is 0 Å². The van der Waals surface area contributed by atoms with Gasteiger partial charge in [0.15, 0.2) is 0 Å². The van der Waals surface area contributed by atoms with E-state index in [1.165, 1.54) is 80.9 Å². The fraction of sp³-hybridized carbons (Fsp3) is 0.500. The van der Waals surface area contributed by atoms with E-state index in [2.05, 4.69) is 50.3 Å². The van der Waals surface area contributed by atoms with Crippen molar-refractivity contribution in [1.82, 2.24) is 0 Å². The Balaban J connectivity index is 1.49. The summed E-state index contributed by atoms with van der Waals surface area (Å²) in [6, 6.07) is 12.0. The largest absolute Gasteiger partial charge is 0.0649 e. The monoisotopic (exact) mass is 370 g/mol. The third kappa shape index (κ3) is 3.36. The van der Waals surface area contributed by atoms with Gasteiger partial charge in [0.05, 0.1) is 0 Å². The summed E-state index contributed by atoms with van der Waals surface area (Å²) in [6.45, 7) is 4.57. The smallest absolute Gasteiger partial charge is 0.00515 e. The van der Waals surface area contributed by atoms with Crippen LogP contribution in [0.2, 0.25) is 0 Å². The number of allylic oxidation sites excluding steroid dienone is 1. The molecule has 0 amide bonds. The van der Waals surface area contributed by atoms with Crippen molar-refractivity contribution in [3.05, 3.63) is 63.7 Å². The van der Waals surface area contributed by atoms with E-state index in [0.29, 0.717) is 5.92 Å². The molecule has 0 radical (unpaired) electrons. The minimum Gasteiger partial charge on any atom is -0.0649 e. The lowest BCUT2D eigenvalue weighted by atomic mass is 9.84. The molecule has 0 bridgehead atoms. The van der Waals surface area contributed by atoms with Crippen molar-refractivity contribution in [1.29, 1.82) is 0 Å². The van der Waals surface area contributed by atoms with Crippen LogP contribution < -0.4 is 0 Å². The molecule has 5 rings (SSSR count). The molecule has 0 saturated heterocycles. The molecule has 0 aromatic heterocycles. The number of hydrogen-bond donors (Lipinski definition) is 0. The summed E-state index contributed by atoms with van der Waals surface area (Å²) in [5.74, 6) is 1.54. The number of aryl methyl sites for hydroxylation is 1. The van der Waals surface area contributed by atoms with Gasteiger partial charge < -0.3 is 0 Å². The van der Waals surface area contributed by atoms with E-state index in [1.807, 2.05) is 0 Å². The Hall–Kier alpha value is -1.82. The quantitative estimate of drug-likeness (QED) is 0.513. The summed E-state index contributed by atoms with van der Waals surface area (Å²) in [5.41, 5.74) is 12.6. The first kappa shape index (κ1) is 18.2. The molecule has 0 spiro atoms. The Morgan fingerprint density at radius 2 is 1.68 bits per heavy atom. The molecule has 1 saturated carbocycles. The first-order valence-electron chi connectivity index (χ1n) is 11.7. The minimum absolute atomic E-state index is 0.602. The molecule has 1 fully saturated rings. The van der Waals surface area contributed by atoms with Crippen molar-refractivity contribution in [2.75, 3.05) is 0 Å². The lowest BCUT2D eigenvalue weighted by Gasteiger charge is -2.22. The zero-order valence-electron chi connectivity index (χ0n) is 17.7. The topological polar surface area (TPSA) is 0 Å². The highest BCUT2D eigenvalue weighted by Crippen LogP contribution is 2.43. The van der Waals surface area contributed by atoms with Crippen LogP contribution in [0.4, 0.5) is 0 Å². The predicted octanol–water partition coefficient (Wildman–Crippen LogP) is 7.88. The number of fused-ring (bicyclic) bond motifs is 2. The van der Waals surface area contributed by atoms with E-state index in [1.54, 1.807) is 27.8 Å². The van der Waals surface area contributed by atoms with Crippen molar-refractivity contribution in [2.45, 2.75) is 84.0 Å². The molecule has 0 unspecified atom stereocenters. The summed E-state index contributed by atoms with van der Waals surface area (Å²) in [4.78, 5) is 0. The standard InChI is InChI=1S/C28H34/c1-19(2)22-11-13-23(14-12-22)28-26-10-6-9-24(26)18-25-16-21(17-27(25)28)15-20-7-4-3-5-8-20/h11-14,16,18-20H,3-10,15,17H2,1-2H3. The Bertz CT molecular complexity index is 889. The van der Waals surface area contributed by atoms with Gasteiger partial charge in [-0.05, 0) is 82.9 Å². The van der Waals surface area contributed by atoms with E-state index >= 15 is 0 Å². The highest BCUT2D eigenvalue weighted by atomic mass is 14.3. The van der Waals surface area contributed by atoms with E-state index in [9.17, 15) is 0 Å². The van der Waals surface area contributed by atoms with E-state index in [4.69, 9.17) is 0 Å². The number of rotatable bonds is 4. The van der Waals surface area contributed by atoms with Gasteiger partial charge in [0, 0.05) is 0 Å². The van der Waals surface area contributed by atoms with Crippen LogP contribution in [0.3, 0.4) is 0 Å². The molecule has 0 aliphatic heterocycles. The van der Waals surface area contributed by atoms with E-state index in [0.717, 1.165) is 5.92 Å². The maximum atomic E-state index is 2.56. The zero-order valence-corrected chi connectivity index (χ0v) is 17.7. The highest BCUT2D eigenvalue weighted by molar-refractivity contribution is 5.81. The third-order valence-electron chi connectivity index (χ3n) is 7.45. The lowest BCUT2D eigenvalue weighted by molar-refractivity contribution is 0.355. The van der Waals surface area contributed by atoms with Crippen LogP contribution in [-0.4, -0.2) is 0 Å². The highest BCUT2D eigenvalue weighted by Gasteiger charge is 2.26. The Morgan fingerprint density at radius 1 is 0.893 bits per heavy atom. The average Bonchev–Trinajstić information content (AvgIpc) is 3.33. The number of benzene rings is 2. The van der Waals surface area contributed by atoms with Crippen molar-refractivity contribution in [3.63, 3.8) is 0 Å². The maximum absolute atomic E-state index is 2.56. The van der Waals surface area contributed by atoms with Crippen LogP contribution in [0.15, 0.2) is 35.9 Å². The summed E-state index contributed by atoms with van der Waals surface area (Å²) in [7, 11) is 0. The molecular formula is C28H34. The molecule has 0 heterocycles. The van der Waals surface area contributed by atoms with Gasteiger partial charge in [-0.15, -0.1) is 0 Å². The maximum Gasteiger partial charge on any atom is -0.00515 e. The van der Waals surface area contributed by atoms with Gasteiger partial charge in [-0.3, -0.25) is 0 Å². The van der Waals surface area contributed by atoms with Crippen LogP contribution in [0.5, 0.6) is 0 Å². The number of hydrogen-bond acceptors (Lipinski definition) is 0. The fourth-order valence-electron chi connectivity index (χ4n) is 5.91. The average molecular weight is 371 g/mol. The Kier molecular flexibility index (Phi) is 4.91. The molecule has 3 aliphatic rings. The Labute approximate surface area is 171 Å². The van der Waals surface area contributed by atoms with Crippen molar-refractivity contribution in [3.8, 4) is 11.1 Å². The van der Waals surface area contributed by atoms with Crippen molar-refractivity contribution < 1.29 is 0 Å². The molecule has 0 atom stereocenters. The zero-order chi connectivity index (χ0) is 19.1. The van der Waals surface area contributed by atoms with E-state index in [-0.39, 0.29) is 0 Å². The second-order valence-electron chi connectivity index (χ2n) is 9.77. The van der Waals surface area contributed by atoms with Gasteiger partial charge in [0.2, 0.25) is 0 Å². The molecule has 3 aliphatic carbocycles. The molecule has 0 heteroatoms. The second kappa shape index (κ2) is 7.54. The van der Waals surface area contributed by atoms with Crippen molar-refractivity contribution in [2.24, 2.45) is 5.92 Å². The normalized spacial score (nSPS) is 19.0. The van der Waals surface area contributed by atoms with Crippen LogP contribution >= 0.6 is 0 Å². The summed E-state index contributed by atoms with van der Waals surface area (Å²) < 4.78 is 0. The van der Waals surface area contributed by atoms with E-state index < -0.39 is 0 Å². The molecule has 0 N–H and O–H groups in total. The Morgan fingerprint density at radius 3 is 2.43 bits per heavy atom. The molecule has 146 valence electrons. The molecule has 2 aromatic rings. The minimum atomic E-state index is 0.602. The molecule has 0 nitrogen and oxygen atoms in total. The van der Waals surface area contributed by atoms with Gasteiger partial charge in [0.1, 0.15) is 0 Å². The van der Waals surface area contributed by atoms with Crippen molar-refractivity contribution >= 4 is 6.08 Å². The van der Waals surface area contributed by atoms with Gasteiger partial charge in [-0.2, -0.15) is 0 Å². The fourth-order valence-corrected chi connectivity index (χ4v) is 5.91. The SMILES string of the molecule is CC(C)c1ccc(-c2c3c(cc4c2CCC4)C=C(CC2CCCCC2)C3)cc1. The second-order valence-corrected chi connectivity index (χ2v) is 9.77. The van der Waals surface area contributed by atoms with Crippen LogP contribution in [-0.2, 0) is 19.3 Å². The summed E-state index contributed by atoms with van der Waals surface area (Å²) >= 11 is 0. The summed E-state index contributed by atoms with van der Waals surface area (Å²) in [5, 5.41) is 0. The lowest BCUT2D eigenvalue weighted by Crippen LogP contribution is -2.07. The molecule has 2 aromatic carbocycles. The summed E-state index contributed by atoms with van der Waals surface area (Å²) in [6.07, 6.45) is 16.2. The third-order valence-corrected chi connectivity index (χ3v) is 7.45. The van der Waals surface area contributed by atoms with Gasteiger partial charge in [-0.1, -0.05) is 87.9 Å². The molecule has 28 heavy (non-hydrogen) atoms. The van der Waals surface area contributed by atoms with Crippen LogP contribution in [0.25, 0.3) is 17.2 Å². The molecular weight excluding hydrogens is 336 g/mol. The van der Waals surface area contributed by atoms with Crippen LogP contribution in [0.1, 0.15) is 92.5 Å². The van der Waals surface area contributed by atoms with Gasteiger partial charge in [0.25, 0.3) is 0 Å².